The minimum atomic E-state index is 0.223. The number of hydrogen-bond donors (Lipinski definition) is 1. The first-order valence-electron chi connectivity index (χ1n) is 6.39. The number of amides is 1. The van der Waals surface area contributed by atoms with Crippen molar-refractivity contribution in [3.63, 3.8) is 0 Å². The molecular weight excluding hydrogens is 232 g/mol. The quantitative estimate of drug-likeness (QED) is 0.867. The Balaban J connectivity index is 1.73. The van der Waals surface area contributed by atoms with Gasteiger partial charge in [0.25, 0.3) is 5.91 Å². The summed E-state index contributed by atoms with van der Waals surface area (Å²) >= 11 is 1.70. The first kappa shape index (κ1) is 11.2. The van der Waals surface area contributed by atoms with E-state index in [1.807, 2.05) is 4.90 Å². The van der Waals surface area contributed by atoms with Crippen molar-refractivity contribution in [3.8, 4) is 0 Å². The van der Waals surface area contributed by atoms with Gasteiger partial charge in [-0.25, -0.2) is 0 Å². The third kappa shape index (κ3) is 2.00. The van der Waals surface area contributed by atoms with Gasteiger partial charge in [0.2, 0.25) is 0 Å². The number of nitrogens with zero attached hydrogens (tertiary/aromatic N) is 1. The summed E-state index contributed by atoms with van der Waals surface area (Å²) in [5.74, 6) is 0.728. The van der Waals surface area contributed by atoms with Crippen LogP contribution in [0.25, 0.3) is 0 Å². The van der Waals surface area contributed by atoms with E-state index in [0.29, 0.717) is 12.5 Å². The first-order valence-corrected chi connectivity index (χ1v) is 7.20. The van der Waals surface area contributed by atoms with Gasteiger partial charge >= 0.3 is 0 Å². The molecule has 4 heteroatoms. The highest BCUT2D eigenvalue weighted by atomic mass is 32.1. The van der Waals surface area contributed by atoms with Gasteiger partial charge in [0, 0.05) is 18.0 Å². The van der Waals surface area contributed by atoms with Gasteiger partial charge in [-0.15, -0.1) is 11.3 Å². The Morgan fingerprint density at radius 1 is 1.53 bits per heavy atom. The van der Waals surface area contributed by atoms with Crippen LogP contribution in [0.15, 0.2) is 6.07 Å². The second-order valence-electron chi connectivity index (χ2n) is 5.05. The van der Waals surface area contributed by atoms with Crippen molar-refractivity contribution in [1.29, 1.82) is 0 Å². The van der Waals surface area contributed by atoms with Gasteiger partial charge in [-0.2, -0.15) is 0 Å². The van der Waals surface area contributed by atoms with Gasteiger partial charge in [-0.3, -0.25) is 4.79 Å². The van der Waals surface area contributed by atoms with Crippen molar-refractivity contribution in [3.05, 3.63) is 21.4 Å². The lowest BCUT2D eigenvalue weighted by Crippen LogP contribution is -2.29. The van der Waals surface area contributed by atoms with Crippen LogP contribution in [0.5, 0.6) is 0 Å². The molecule has 1 aliphatic heterocycles. The molecule has 0 spiro atoms. The van der Waals surface area contributed by atoms with Crippen LogP contribution in [-0.4, -0.2) is 30.4 Å². The lowest BCUT2D eigenvalue weighted by atomic mass is 10.1. The maximum atomic E-state index is 12.3. The van der Waals surface area contributed by atoms with E-state index in [9.17, 15) is 4.79 Å². The molecule has 1 amide bonds. The third-order valence-corrected chi connectivity index (χ3v) is 5.09. The molecule has 17 heavy (non-hydrogen) atoms. The number of thiophene rings is 1. The van der Waals surface area contributed by atoms with Crippen molar-refractivity contribution >= 4 is 17.2 Å². The number of nitrogens with two attached hydrogens (primary N) is 1. The van der Waals surface area contributed by atoms with Gasteiger partial charge in [-0.05, 0) is 49.8 Å². The summed E-state index contributed by atoms with van der Waals surface area (Å²) in [6.07, 6.45) is 4.64. The molecule has 0 bridgehead atoms. The highest BCUT2D eigenvalue weighted by Crippen LogP contribution is 2.32. The highest BCUT2D eigenvalue weighted by molar-refractivity contribution is 7.14. The lowest BCUT2D eigenvalue weighted by molar-refractivity contribution is 0.0792. The van der Waals surface area contributed by atoms with Crippen LogP contribution in [0.2, 0.25) is 0 Å². The molecule has 1 fully saturated rings. The number of likely N-dealkylation sites (tertiary alicyclic amines) is 1. The van der Waals surface area contributed by atoms with Gasteiger partial charge in [-0.1, -0.05) is 0 Å². The maximum Gasteiger partial charge on any atom is 0.263 e. The van der Waals surface area contributed by atoms with Crippen LogP contribution in [-0.2, 0) is 12.8 Å². The van der Waals surface area contributed by atoms with Gasteiger partial charge in [0.1, 0.15) is 0 Å². The lowest BCUT2D eigenvalue weighted by Gasteiger charge is -2.14. The summed E-state index contributed by atoms with van der Waals surface area (Å²) in [5.41, 5.74) is 7.07. The van der Waals surface area contributed by atoms with Crippen LogP contribution < -0.4 is 5.73 Å². The van der Waals surface area contributed by atoms with Crippen LogP contribution in [0, 0.1) is 5.92 Å². The summed E-state index contributed by atoms with van der Waals surface area (Å²) in [6, 6.07) is 2.12. The molecule has 1 aliphatic carbocycles. The molecule has 1 unspecified atom stereocenters. The number of carbonyl (C=O) groups excluding carboxylic acids is 1. The van der Waals surface area contributed by atoms with E-state index in [0.717, 1.165) is 30.8 Å². The average Bonchev–Trinajstić information content (AvgIpc) is 3.02. The fourth-order valence-electron chi connectivity index (χ4n) is 2.80. The van der Waals surface area contributed by atoms with Gasteiger partial charge < -0.3 is 10.6 Å². The predicted octanol–water partition coefficient (Wildman–Crippen LogP) is 1.66. The van der Waals surface area contributed by atoms with E-state index in [1.54, 1.807) is 11.3 Å². The summed E-state index contributed by atoms with van der Waals surface area (Å²) in [6.45, 7) is 2.42. The van der Waals surface area contributed by atoms with Crippen molar-refractivity contribution in [2.45, 2.75) is 25.7 Å². The summed E-state index contributed by atoms with van der Waals surface area (Å²) in [4.78, 5) is 16.7. The van der Waals surface area contributed by atoms with Gasteiger partial charge in [0.15, 0.2) is 0 Å². The largest absolute Gasteiger partial charge is 0.338 e. The molecule has 3 nitrogen and oxygen atoms in total. The Hall–Kier alpha value is -0.870. The minimum absolute atomic E-state index is 0.223. The van der Waals surface area contributed by atoms with Crippen LogP contribution in [0.1, 0.15) is 33.0 Å². The maximum absolute atomic E-state index is 12.3. The van der Waals surface area contributed by atoms with Crippen LogP contribution in [0.4, 0.5) is 0 Å². The van der Waals surface area contributed by atoms with E-state index >= 15 is 0 Å². The Morgan fingerprint density at radius 2 is 2.41 bits per heavy atom. The molecule has 2 aliphatic rings. The fraction of sp³-hybridized carbons (Fsp3) is 0.615. The Morgan fingerprint density at radius 3 is 3.12 bits per heavy atom. The number of carbonyl (C=O) groups is 1. The Bertz CT molecular complexity index is 419. The molecule has 2 heterocycles. The number of rotatable bonds is 2. The number of fused-ring (bicyclic) bond motifs is 1. The average molecular weight is 250 g/mol. The summed E-state index contributed by atoms with van der Waals surface area (Å²) in [5, 5.41) is 0. The predicted molar refractivity (Wildman–Crippen MR) is 69.4 cm³/mol. The van der Waals surface area contributed by atoms with Gasteiger partial charge in [0.05, 0.1) is 4.88 Å². The Labute approximate surface area is 106 Å². The van der Waals surface area contributed by atoms with Crippen molar-refractivity contribution in [2.75, 3.05) is 19.6 Å². The van der Waals surface area contributed by atoms with E-state index in [4.69, 9.17) is 5.73 Å². The summed E-state index contributed by atoms with van der Waals surface area (Å²) < 4.78 is 0. The van der Waals surface area contributed by atoms with Crippen LogP contribution >= 0.6 is 11.3 Å². The molecular formula is C13H18N2OS. The SMILES string of the molecule is NCC1CCN(C(=O)c2cc3c(s2)CCC3)C1. The number of hydrogen-bond acceptors (Lipinski definition) is 3. The smallest absolute Gasteiger partial charge is 0.263 e. The molecule has 3 rings (SSSR count). The monoisotopic (exact) mass is 250 g/mol. The van der Waals surface area contributed by atoms with E-state index in [1.165, 1.54) is 23.3 Å². The zero-order valence-corrected chi connectivity index (χ0v) is 10.8. The fourth-order valence-corrected chi connectivity index (χ4v) is 4.02. The molecule has 92 valence electrons. The van der Waals surface area contributed by atoms with Crippen LogP contribution in [0.3, 0.4) is 0 Å². The first-order chi connectivity index (χ1) is 8.28. The molecule has 1 aromatic heterocycles. The standard InChI is InChI=1S/C13H18N2OS/c14-7-9-4-5-15(8-9)13(16)12-6-10-2-1-3-11(10)17-12/h6,9H,1-5,7-8,14H2. The number of aryl methyl sites for hydroxylation is 2. The van der Waals surface area contributed by atoms with Crippen molar-refractivity contribution in [1.82, 2.24) is 4.90 Å². The molecule has 0 radical (unpaired) electrons. The van der Waals surface area contributed by atoms with E-state index < -0.39 is 0 Å². The third-order valence-electron chi connectivity index (χ3n) is 3.86. The second kappa shape index (κ2) is 4.42. The minimum Gasteiger partial charge on any atom is -0.338 e. The Kier molecular flexibility index (Phi) is 2.92. The molecule has 1 saturated heterocycles. The zero-order valence-electron chi connectivity index (χ0n) is 9.95. The normalized spacial score (nSPS) is 23.1. The molecule has 1 aromatic rings. The molecule has 0 aromatic carbocycles. The second-order valence-corrected chi connectivity index (χ2v) is 6.19. The molecule has 1 atom stereocenters. The van der Waals surface area contributed by atoms with E-state index in [2.05, 4.69) is 6.07 Å². The van der Waals surface area contributed by atoms with Crippen molar-refractivity contribution in [2.24, 2.45) is 11.7 Å². The molecule has 2 N–H and O–H groups in total. The summed E-state index contributed by atoms with van der Waals surface area (Å²) in [7, 11) is 0. The topological polar surface area (TPSA) is 46.3 Å². The van der Waals surface area contributed by atoms with E-state index in [-0.39, 0.29) is 5.91 Å². The highest BCUT2D eigenvalue weighted by Gasteiger charge is 2.28. The zero-order chi connectivity index (χ0) is 11.8. The molecule has 0 saturated carbocycles. The van der Waals surface area contributed by atoms with Crippen molar-refractivity contribution < 1.29 is 4.79 Å².